The largest absolute Gasteiger partial charge is 0.370 e. The number of hydrogen-bond acceptors (Lipinski definition) is 3. The Morgan fingerprint density at radius 2 is 1.63 bits per heavy atom. The highest BCUT2D eigenvalue weighted by atomic mass is 35.5. The van der Waals surface area contributed by atoms with Gasteiger partial charge in [-0.2, -0.15) is 0 Å². The smallest absolute Gasteiger partial charge is 0.205 e. The first-order valence-electron chi connectivity index (χ1n) is 9.62. The van der Waals surface area contributed by atoms with E-state index in [1.807, 2.05) is 0 Å². The maximum Gasteiger partial charge on any atom is 0.205 e. The van der Waals surface area contributed by atoms with Crippen LogP contribution in [0, 0.1) is 20.8 Å². The van der Waals surface area contributed by atoms with Gasteiger partial charge in [0.2, 0.25) is 5.95 Å². The number of nitrogens with zero attached hydrogens (tertiary/aromatic N) is 2. The fraction of sp³-hybridized carbons (Fsp3) is 0.409. The Morgan fingerprint density at radius 1 is 1.00 bits per heavy atom. The summed E-state index contributed by atoms with van der Waals surface area (Å²) in [6.45, 7) is 13.0. The number of aromatic nitrogens is 2. The van der Waals surface area contributed by atoms with Crippen LogP contribution in [0.4, 0.5) is 17.3 Å². The fourth-order valence-electron chi connectivity index (χ4n) is 3.72. The third-order valence-corrected chi connectivity index (χ3v) is 4.74. The van der Waals surface area contributed by atoms with Crippen LogP contribution in [-0.2, 0) is 0 Å². The minimum absolute atomic E-state index is 0. The maximum absolute atomic E-state index is 4.89. The number of anilines is 3. The van der Waals surface area contributed by atoms with Crippen LogP contribution in [0.3, 0.4) is 0 Å². The lowest BCUT2D eigenvalue weighted by molar-refractivity contribution is 0.747. The molecule has 5 heteroatoms. The second kappa shape index (κ2) is 9.14. The molecule has 146 valence electrons. The van der Waals surface area contributed by atoms with Crippen LogP contribution in [-0.4, -0.2) is 23.1 Å². The molecule has 3 rings (SSSR count). The number of fused-ring (bicyclic) bond motifs is 1. The highest BCUT2D eigenvalue weighted by molar-refractivity contribution is 5.90. The van der Waals surface area contributed by atoms with Crippen LogP contribution >= 0.6 is 12.4 Å². The lowest BCUT2D eigenvalue weighted by atomic mass is 10.1. The Morgan fingerprint density at radius 3 is 2.22 bits per heavy atom. The van der Waals surface area contributed by atoms with Gasteiger partial charge in [-0.25, -0.2) is 4.98 Å². The molecule has 0 aliphatic heterocycles. The molecule has 0 spiro atoms. The average molecular weight is 387 g/mol. The number of benzene rings is 2. The van der Waals surface area contributed by atoms with Gasteiger partial charge in [0, 0.05) is 18.8 Å². The summed E-state index contributed by atoms with van der Waals surface area (Å²) in [6, 6.07) is 10.8. The first kappa shape index (κ1) is 21.1. The molecule has 4 nitrogen and oxygen atoms in total. The summed E-state index contributed by atoms with van der Waals surface area (Å²) in [5, 5.41) is 3.50. The van der Waals surface area contributed by atoms with Gasteiger partial charge < -0.3 is 15.2 Å². The van der Waals surface area contributed by atoms with E-state index in [4.69, 9.17) is 4.98 Å². The SMILES string of the molecule is CCCN(CCC)c1cccc2[nH]c(Nc3c(C)cc(C)cc3C)nc12.Cl. The number of rotatable bonds is 7. The van der Waals surface area contributed by atoms with E-state index in [2.05, 4.69) is 80.2 Å². The summed E-state index contributed by atoms with van der Waals surface area (Å²) in [6.07, 6.45) is 2.27. The minimum atomic E-state index is 0. The molecule has 0 atom stereocenters. The molecule has 2 N–H and O–H groups in total. The van der Waals surface area contributed by atoms with E-state index in [-0.39, 0.29) is 12.4 Å². The second-order valence-electron chi connectivity index (χ2n) is 7.14. The first-order chi connectivity index (χ1) is 12.5. The predicted molar refractivity (Wildman–Crippen MR) is 120 cm³/mol. The molecule has 0 saturated carbocycles. The number of aryl methyl sites for hydroxylation is 3. The van der Waals surface area contributed by atoms with Crippen LogP contribution < -0.4 is 10.2 Å². The van der Waals surface area contributed by atoms with E-state index in [0.29, 0.717) is 0 Å². The Balaban J connectivity index is 0.00000261. The molecule has 0 bridgehead atoms. The molecular weight excluding hydrogens is 356 g/mol. The van der Waals surface area contributed by atoms with E-state index in [9.17, 15) is 0 Å². The van der Waals surface area contributed by atoms with Gasteiger partial charge in [-0.15, -0.1) is 12.4 Å². The van der Waals surface area contributed by atoms with Crippen molar-refractivity contribution in [1.29, 1.82) is 0 Å². The molecule has 0 unspecified atom stereocenters. The summed E-state index contributed by atoms with van der Waals surface area (Å²) in [4.78, 5) is 10.8. The van der Waals surface area contributed by atoms with Gasteiger partial charge in [0.15, 0.2) is 0 Å². The Hall–Kier alpha value is -2.20. The van der Waals surface area contributed by atoms with Crippen molar-refractivity contribution in [2.75, 3.05) is 23.3 Å². The number of nitrogens with one attached hydrogen (secondary N) is 2. The molecule has 0 fully saturated rings. The molecular formula is C22H31ClN4. The van der Waals surface area contributed by atoms with Crippen LogP contribution in [0.2, 0.25) is 0 Å². The molecule has 27 heavy (non-hydrogen) atoms. The summed E-state index contributed by atoms with van der Waals surface area (Å²) in [7, 11) is 0. The first-order valence-corrected chi connectivity index (χ1v) is 9.62. The predicted octanol–water partition coefficient (Wildman–Crippen LogP) is 6.28. The van der Waals surface area contributed by atoms with Crippen LogP contribution in [0.5, 0.6) is 0 Å². The van der Waals surface area contributed by atoms with Gasteiger partial charge in [0.25, 0.3) is 0 Å². The third kappa shape index (κ3) is 4.56. The molecule has 2 aromatic carbocycles. The van der Waals surface area contributed by atoms with E-state index >= 15 is 0 Å². The quantitative estimate of drug-likeness (QED) is 0.502. The van der Waals surface area contributed by atoms with Crippen LogP contribution in [0.25, 0.3) is 11.0 Å². The Bertz CT molecular complexity index is 871. The zero-order valence-electron chi connectivity index (χ0n) is 17.0. The molecule has 3 aromatic rings. The zero-order valence-corrected chi connectivity index (χ0v) is 17.8. The van der Waals surface area contributed by atoms with Gasteiger partial charge in [0.1, 0.15) is 5.52 Å². The lowest BCUT2D eigenvalue weighted by Gasteiger charge is -2.23. The maximum atomic E-state index is 4.89. The summed E-state index contributed by atoms with van der Waals surface area (Å²) < 4.78 is 0. The summed E-state index contributed by atoms with van der Waals surface area (Å²) in [5.41, 5.74) is 8.22. The van der Waals surface area contributed by atoms with Gasteiger partial charge in [-0.1, -0.05) is 37.6 Å². The Kier molecular flexibility index (Phi) is 7.14. The molecule has 0 radical (unpaired) electrons. The number of para-hydroxylation sites is 1. The van der Waals surface area contributed by atoms with E-state index < -0.39 is 0 Å². The third-order valence-electron chi connectivity index (χ3n) is 4.74. The monoisotopic (exact) mass is 386 g/mol. The van der Waals surface area contributed by atoms with Crippen molar-refractivity contribution in [1.82, 2.24) is 9.97 Å². The van der Waals surface area contributed by atoms with Crippen LogP contribution in [0.15, 0.2) is 30.3 Å². The molecule has 1 heterocycles. The van der Waals surface area contributed by atoms with Crippen LogP contribution in [0.1, 0.15) is 43.4 Å². The fourth-order valence-corrected chi connectivity index (χ4v) is 3.72. The molecule has 0 aliphatic carbocycles. The standard InChI is InChI=1S/C22H30N4.ClH/c1-6-11-26(12-7-2)19-10-8-9-18-21(19)25-22(23-18)24-20-16(4)13-15(3)14-17(20)5;/h8-10,13-14H,6-7,11-12H2,1-5H3,(H2,23,24,25);1H. The Labute approximate surface area is 168 Å². The van der Waals surface area contributed by atoms with E-state index in [1.165, 1.54) is 22.4 Å². The molecule has 1 aromatic heterocycles. The molecule has 0 amide bonds. The molecule has 0 aliphatic rings. The summed E-state index contributed by atoms with van der Waals surface area (Å²) >= 11 is 0. The van der Waals surface area contributed by atoms with Gasteiger partial charge in [-0.05, 0) is 56.9 Å². The number of H-pyrrole nitrogens is 1. The highest BCUT2D eigenvalue weighted by Crippen LogP contribution is 2.30. The lowest BCUT2D eigenvalue weighted by Crippen LogP contribution is -2.25. The normalized spacial score (nSPS) is 10.7. The second-order valence-corrected chi connectivity index (χ2v) is 7.14. The van der Waals surface area contributed by atoms with Crippen molar-refractivity contribution in [3.05, 3.63) is 47.0 Å². The van der Waals surface area contributed by atoms with Crippen molar-refractivity contribution in [2.45, 2.75) is 47.5 Å². The number of hydrogen-bond donors (Lipinski definition) is 2. The van der Waals surface area contributed by atoms with Crippen molar-refractivity contribution in [3.63, 3.8) is 0 Å². The van der Waals surface area contributed by atoms with Crippen molar-refractivity contribution in [2.24, 2.45) is 0 Å². The topological polar surface area (TPSA) is 44.0 Å². The minimum Gasteiger partial charge on any atom is -0.370 e. The van der Waals surface area contributed by atoms with Crippen molar-refractivity contribution in [3.8, 4) is 0 Å². The number of halogens is 1. The zero-order chi connectivity index (χ0) is 18.7. The number of aromatic amines is 1. The number of imidazole rings is 1. The van der Waals surface area contributed by atoms with Gasteiger partial charge in [-0.3, -0.25) is 0 Å². The van der Waals surface area contributed by atoms with Gasteiger partial charge >= 0.3 is 0 Å². The summed E-state index contributed by atoms with van der Waals surface area (Å²) in [5.74, 6) is 0.801. The highest BCUT2D eigenvalue weighted by Gasteiger charge is 2.13. The van der Waals surface area contributed by atoms with E-state index in [0.717, 1.165) is 48.6 Å². The van der Waals surface area contributed by atoms with E-state index in [1.54, 1.807) is 0 Å². The average Bonchev–Trinajstić information content (AvgIpc) is 3.00. The van der Waals surface area contributed by atoms with Crippen molar-refractivity contribution >= 4 is 40.8 Å². The van der Waals surface area contributed by atoms with Gasteiger partial charge in [0.05, 0.1) is 11.2 Å². The van der Waals surface area contributed by atoms with Crippen molar-refractivity contribution < 1.29 is 0 Å². The molecule has 0 saturated heterocycles.